The molecule has 0 radical (unpaired) electrons. The molecule has 1 saturated carbocycles. The molecule has 0 aliphatic heterocycles. The quantitative estimate of drug-likeness (QED) is 0.721. The first-order valence-electron chi connectivity index (χ1n) is 8.28. The molecule has 1 aromatic rings. The molecule has 1 aromatic carbocycles. The van der Waals surface area contributed by atoms with E-state index in [0.29, 0.717) is 11.6 Å². The number of hydrogen-bond acceptors (Lipinski definition) is 4. The van der Waals surface area contributed by atoms with Crippen molar-refractivity contribution in [1.82, 2.24) is 5.32 Å². The molecular weight excluding hydrogens is 292 g/mol. The van der Waals surface area contributed by atoms with Crippen LogP contribution in [0.1, 0.15) is 43.1 Å². The van der Waals surface area contributed by atoms with Gasteiger partial charge in [-0.15, -0.1) is 0 Å². The van der Waals surface area contributed by atoms with Crippen molar-refractivity contribution in [3.63, 3.8) is 0 Å². The number of ether oxygens (including phenoxy) is 1. The predicted octanol–water partition coefficient (Wildman–Crippen LogP) is 2.33. The van der Waals surface area contributed by atoms with E-state index in [0.717, 1.165) is 24.3 Å². The molecule has 0 saturated heterocycles. The van der Waals surface area contributed by atoms with Crippen LogP contribution in [-0.2, 0) is 4.74 Å². The Hall–Kier alpha value is -1.59. The van der Waals surface area contributed by atoms with Gasteiger partial charge in [0, 0.05) is 35.9 Å². The van der Waals surface area contributed by atoms with Crippen molar-refractivity contribution in [2.24, 2.45) is 5.41 Å². The van der Waals surface area contributed by atoms with E-state index in [-0.39, 0.29) is 30.6 Å². The highest BCUT2D eigenvalue weighted by atomic mass is 16.5. The average molecular weight is 320 g/mol. The van der Waals surface area contributed by atoms with E-state index in [1.807, 2.05) is 32.0 Å². The van der Waals surface area contributed by atoms with Crippen LogP contribution < -0.4 is 10.6 Å². The van der Waals surface area contributed by atoms with Crippen molar-refractivity contribution in [2.75, 3.05) is 25.1 Å². The number of benzene rings is 1. The lowest BCUT2D eigenvalue weighted by molar-refractivity contribution is -0.0976. The van der Waals surface area contributed by atoms with E-state index in [2.05, 4.69) is 24.5 Å². The van der Waals surface area contributed by atoms with Crippen LogP contribution in [0.4, 0.5) is 5.69 Å². The third kappa shape index (κ3) is 3.67. The van der Waals surface area contributed by atoms with Gasteiger partial charge in [0.1, 0.15) is 0 Å². The van der Waals surface area contributed by atoms with Gasteiger partial charge in [0.2, 0.25) is 0 Å². The predicted molar refractivity (Wildman–Crippen MR) is 91.8 cm³/mol. The molecule has 2 atom stereocenters. The van der Waals surface area contributed by atoms with E-state index in [9.17, 15) is 4.79 Å². The van der Waals surface area contributed by atoms with Crippen LogP contribution in [0.3, 0.4) is 0 Å². The van der Waals surface area contributed by atoms with Crippen LogP contribution >= 0.6 is 0 Å². The molecule has 5 heteroatoms. The van der Waals surface area contributed by atoms with Crippen molar-refractivity contribution >= 4 is 11.6 Å². The maximum atomic E-state index is 12.1. The van der Waals surface area contributed by atoms with E-state index in [4.69, 9.17) is 9.84 Å². The van der Waals surface area contributed by atoms with Gasteiger partial charge >= 0.3 is 0 Å². The lowest BCUT2D eigenvalue weighted by Crippen LogP contribution is -2.58. The fourth-order valence-electron chi connectivity index (χ4n) is 3.10. The van der Waals surface area contributed by atoms with Gasteiger partial charge in [0.05, 0.1) is 12.7 Å². The molecule has 0 bridgehead atoms. The molecule has 2 unspecified atom stereocenters. The maximum absolute atomic E-state index is 12.1. The Morgan fingerprint density at radius 1 is 1.43 bits per heavy atom. The van der Waals surface area contributed by atoms with Crippen molar-refractivity contribution < 1.29 is 14.6 Å². The number of carbonyl (C=O) groups is 1. The normalized spacial score (nSPS) is 22.3. The highest BCUT2D eigenvalue weighted by Gasteiger charge is 2.48. The summed E-state index contributed by atoms with van der Waals surface area (Å²) in [4.78, 5) is 12.1. The Labute approximate surface area is 138 Å². The van der Waals surface area contributed by atoms with Crippen LogP contribution in [0.5, 0.6) is 0 Å². The number of aliphatic hydroxyl groups excluding tert-OH is 1. The molecule has 5 nitrogen and oxygen atoms in total. The number of anilines is 1. The molecular formula is C18H28N2O3. The van der Waals surface area contributed by atoms with Crippen LogP contribution in [0, 0.1) is 12.3 Å². The van der Waals surface area contributed by atoms with E-state index in [1.165, 1.54) is 0 Å². The number of aliphatic hydroxyl groups is 1. The third-order valence-electron chi connectivity index (χ3n) is 4.85. The molecule has 23 heavy (non-hydrogen) atoms. The van der Waals surface area contributed by atoms with Crippen molar-refractivity contribution in [1.29, 1.82) is 0 Å². The summed E-state index contributed by atoms with van der Waals surface area (Å²) in [6, 6.07) is 6.02. The van der Waals surface area contributed by atoms with Gasteiger partial charge in [-0.3, -0.25) is 4.79 Å². The Bertz CT molecular complexity index is 557. The van der Waals surface area contributed by atoms with Crippen LogP contribution in [0.25, 0.3) is 0 Å². The zero-order valence-corrected chi connectivity index (χ0v) is 14.5. The van der Waals surface area contributed by atoms with Crippen LogP contribution in [0.15, 0.2) is 18.2 Å². The summed E-state index contributed by atoms with van der Waals surface area (Å²) in [5, 5.41) is 15.1. The lowest BCUT2D eigenvalue weighted by Gasteiger charge is -2.52. The molecule has 2 rings (SSSR count). The van der Waals surface area contributed by atoms with E-state index >= 15 is 0 Å². The Balaban J connectivity index is 2.09. The molecule has 0 spiro atoms. The molecule has 1 amide bonds. The maximum Gasteiger partial charge on any atom is 0.251 e. The smallest absolute Gasteiger partial charge is 0.251 e. The molecule has 0 aromatic heterocycles. The van der Waals surface area contributed by atoms with Crippen molar-refractivity contribution in [3.8, 4) is 0 Å². The second-order valence-electron chi connectivity index (χ2n) is 6.66. The van der Waals surface area contributed by atoms with Gasteiger partial charge in [-0.1, -0.05) is 19.9 Å². The Morgan fingerprint density at radius 2 is 2.17 bits per heavy atom. The van der Waals surface area contributed by atoms with Gasteiger partial charge in [0.25, 0.3) is 5.91 Å². The summed E-state index contributed by atoms with van der Waals surface area (Å²) in [6.07, 6.45) is 1.25. The van der Waals surface area contributed by atoms with E-state index in [1.54, 1.807) is 0 Å². The standard InChI is InChI=1S/C18H28N2O3/c1-5-23-16-11-15(18(16,3)4)20-14-8-6-7-13(12(14)2)17(22)19-9-10-21/h6-8,15-16,20-21H,5,9-11H2,1-4H3,(H,19,22). The summed E-state index contributed by atoms with van der Waals surface area (Å²) < 4.78 is 5.77. The SMILES string of the molecule is CCOC1CC(Nc2cccc(C(=O)NCCO)c2C)C1(C)C. The minimum Gasteiger partial charge on any atom is -0.395 e. The zero-order valence-electron chi connectivity index (χ0n) is 14.5. The Morgan fingerprint density at radius 3 is 2.78 bits per heavy atom. The number of rotatable bonds is 7. The van der Waals surface area contributed by atoms with Crippen molar-refractivity contribution in [2.45, 2.75) is 46.3 Å². The highest BCUT2D eigenvalue weighted by molar-refractivity contribution is 5.97. The molecule has 3 N–H and O–H groups in total. The first-order valence-corrected chi connectivity index (χ1v) is 8.28. The van der Waals surface area contributed by atoms with Crippen LogP contribution in [0.2, 0.25) is 0 Å². The van der Waals surface area contributed by atoms with Gasteiger partial charge in [-0.05, 0) is 38.0 Å². The molecule has 1 fully saturated rings. The van der Waals surface area contributed by atoms with Crippen LogP contribution in [-0.4, -0.2) is 42.9 Å². The highest BCUT2D eigenvalue weighted by Crippen LogP contribution is 2.44. The number of nitrogens with one attached hydrogen (secondary N) is 2. The zero-order chi connectivity index (χ0) is 17.0. The number of amides is 1. The summed E-state index contributed by atoms with van der Waals surface area (Å²) in [6.45, 7) is 9.33. The average Bonchev–Trinajstić information content (AvgIpc) is 2.53. The monoisotopic (exact) mass is 320 g/mol. The molecule has 1 aliphatic rings. The molecule has 128 valence electrons. The fraction of sp³-hybridized carbons (Fsp3) is 0.611. The summed E-state index contributed by atoms with van der Waals surface area (Å²) >= 11 is 0. The van der Waals surface area contributed by atoms with Gasteiger partial charge in [0.15, 0.2) is 0 Å². The molecule has 0 heterocycles. The van der Waals surface area contributed by atoms with Gasteiger partial charge in [-0.2, -0.15) is 0 Å². The largest absolute Gasteiger partial charge is 0.395 e. The summed E-state index contributed by atoms with van der Waals surface area (Å²) in [7, 11) is 0. The van der Waals surface area contributed by atoms with Gasteiger partial charge in [-0.25, -0.2) is 0 Å². The first kappa shape index (κ1) is 17.8. The second kappa shape index (κ2) is 7.32. The third-order valence-corrected chi connectivity index (χ3v) is 4.85. The summed E-state index contributed by atoms with van der Waals surface area (Å²) in [5.41, 5.74) is 2.62. The minimum atomic E-state index is -0.153. The van der Waals surface area contributed by atoms with E-state index < -0.39 is 0 Å². The molecule has 1 aliphatic carbocycles. The first-order chi connectivity index (χ1) is 10.9. The van der Waals surface area contributed by atoms with Gasteiger partial charge < -0.3 is 20.5 Å². The minimum absolute atomic E-state index is 0.0577. The lowest BCUT2D eigenvalue weighted by atomic mass is 9.64. The fourth-order valence-corrected chi connectivity index (χ4v) is 3.10. The topological polar surface area (TPSA) is 70.6 Å². The van der Waals surface area contributed by atoms with Crippen molar-refractivity contribution in [3.05, 3.63) is 29.3 Å². The Kier molecular flexibility index (Phi) is 5.65. The summed E-state index contributed by atoms with van der Waals surface area (Å²) in [5.74, 6) is -0.153. The second-order valence-corrected chi connectivity index (χ2v) is 6.66. The number of hydrogen-bond donors (Lipinski definition) is 3. The number of carbonyl (C=O) groups excluding carboxylic acids is 1.